The summed E-state index contributed by atoms with van der Waals surface area (Å²) in [4.78, 5) is 0.434. The smallest absolute Gasteiger partial charge is 0.0546 e. The number of aliphatic hydroxyl groups excluding tert-OH is 1. The predicted molar refractivity (Wildman–Crippen MR) is 86.0 cm³/mol. The van der Waals surface area contributed by atoms with E-state index in [1.54, 1.807) is 0 Å². The molecule has 0 saturated heterocycles. The van der Waals surface area contributed by atoms with Crippen LogP contribution in [0, 0.1) is 5.92 Å². The molecule has 4 atom stereocenters. The normalized spacial score (nSPS) is 32.5. The lowest BCUT2D eigenvalue weighted by Gasteiger charge is -2.36. The van der Waals surface area contributed by atoms with Crippen molar-refractivity contribution in [1.29, 1.82) is 0 Å². The maximum absolute atomic E-state index is 9.29. The first-order valence-corrected chi connectivity index (χ1v) is 8.22. The van der Waals surface area contributed by atoms with E-state index in [2.05, 4.69) is 56.9 Å². The Balaban J connectivity index is 1.69. The van der Waals surface area contributed by atoms with Gasteiger partial charge in [-0.3, -0.25) is 0 Å². The second-order valence-corrected chi connectivity index (χ2v) is 6.90. The fraction of sp³-hybridized carbons (Fsp3) is 0.500. The number of benzene rings is 1. The van der Waals surface area contributed by atoms with Gasteiger partial charge >= 0.3 is 0 Å². The monoisotopic (exact) mass is 336 g/mol. The van der Waals surface area contributed by atoms with Crippen LogP contribution in [0.2, 0.25) is 0 Å². The Kier molecular flexibility index (Phi) is 4.44. The number of aliphatic hydroxyl groups is 1. The van der Waals surface area contributed by atoms with Crippen molar-refractivity contribution in [2.24, 2.45) is 5.92 Å². The maximum Gasteiger partial charge on any atom is 0.0546 e. The van der Waals surface area contributed by atoms with Crippen molar-refractivity contribution in [1.82, 2.24) is 5.32 Å². The summed E-state index contributed by atoms with van der Waals surface area (Å²) in [5.41, 5.74) is 2.49. The van der Waals surface area contributed by atoms with Gasteiger partial charge in [-0.1, -0.05) is 34.1 Å². The van der Waals surface area contributed by atoms with E-state index < -0.39 is 0 Å². The van der Waals surface area contributed by atoms with E-state index in [1.165, 1.54) is 11.3 Å². The first kappa shape index (κ1) is 14.1. The molecule has 108 valence electrons. The molecule has 20 heavy (non-hydrogen) atoms. The molecule has 1 saturated carbocycles. The van der Waals surface area contributed by atoms with Gasteiger partial charge in [0, 0.05) is 23.2 Å². The number of fused-ring (bicyclic) bond motifs is 1. The SMILES string of the molecule is OC[C@@H]1CCC(NC2C=CNc3ccccc32)[C@H](Br)C1. The van der Waals surface area contributed by atoms with E-state index >= 15 is 0 Å². The Morgan fingerprint density at radius 2 is 2.15 bits per heavy atom. The van der Waals surface area contributed by atoms with Crippen molar-refractivity contribution in [3.63, 3.8) is 0 Å². The summed E-state index contributed by atoms with van der Waals surface area (Å²) in [6.45, 7) is 0.310. The Labute approximate surface area is 128 Å². The molecular formula is C16H21BrN2O. The summed E-state index contributed by atoms with van der Waals surface area (Å²) in [5.74, 6) is 0.452. The summed E-state index contributed by atoms with van der Waals surface area (Å²) in [5, 5.41) is 16.3. The number of alkyl halides is 1. The minimum Gasteiger partial charge on any atom is -0.396 e. The van der Waals surface area contributed by atoms with Gasteiger partial charge in [0.15, 0.2) is 0 Å². The number of hydrogen-bond donors (Lipinski definition) is 3. The third kappa shape index (κ3) is 2.92. The number of hydrogen-bond acceptors (Lipinski definition) is 3. The molecule has 2 aliphatic rings. The van der Waals surface area contributed by atoms with Gasteiger partial charge in [0.2, 0.25) is 0 Å². The van der Waals surface area contributed by atoms with Gasteiger partial charge in [0.25, 0.3) is 0 Å². The van der Waals surface area contributed by atoms with Crippen LogP contribution in [0.15, 0.2) is 36.5 Å². The van der Waals surface area contributed by atoms with Gasteiger partial charge in [0.05, 0.1) is 6.04 Å². The molecule has 0 radical (unpaired) electrons. The van der Waals surface area contributed by atoms with Crippen molar-refractivity contribution in [2.75, 3.05) is 11.9 Å². The van der Waals surface area contributed by atoms with E-state index in [0.717, 1.165) is 19.3 Å². The molecule has 0 spiro atoms. The molecule has 2 unspecified atom stereocenters. The largest absolute Gasteiger partial charge is 0.396 e. The van der Waals surface area contributed by atoms with Crippen LogP contribution in [0.5, 0.6) is 0 Å². The molecule has 4 heteroatoms. The molecule has 1 aromatic rings. The van der Waals surface area contributed by atoms with Crippen LogP contribution in [0.1, 0.15) is 30.9 Å². The van der Waals surface area contributed by atoms with E-state index in [1.807, 2.05) is 6.20 Å². The summed E-state index contributed by atoms with van der Waals surface area (Å²) in [6.07, 6.45) is 7.46. The Morgan fingerprint density at radius 3 is 2.95 bits per heavy atom. The fourth-order valence-corrected chi connectivity index (χ4v) is 4.11. The standard InChI is InChI=1S/C16H21BrN2O/c17-13-9-11(10-20)5-6-16(13)19-15-7-8-18-14-4-2-1-3-12(14)15/h1-4,7-8,11,13,15-16,18-20H,5-6,9-10H2/t11-,13-,15?,16?/m1/s1. The topological polar surface area (TPSA) is 44.3 Å². The zero-order valence-corrected chi connectivity index (χ0v) is 13.0. The second-order valence-electron chi connectivity index (χ2n) is 5.72. The van der Waals surface area contributed by atoms with Crippen LogP contribution < -0.4 is 10.6 Å². The minimum atomic E-state index is 0.267. The third-order valence-corrected chi connectivity index (χ3v) is 5.37. The van der Waals surface area contributed by atoms with Crippen LogP contribution in [0.3, 0.4) is 0 Å². The minimum absolute atomic E-state index is 0.267. The number of halogens is 1. The van der Waals surface area contributed by atoms with E-state index in [0.29, 0.717) is 23.4 Å². The van der Waals surface area contributed by atoms with Crippen LogP contribution in [-0.4, -0.2) is 22.6 Å². The molecular weight excluding hydrogens is 316 g/mol. The van der Waals surface area contributed by atoms with Gasteiger partial charge in [-0.05, 0) is 49.1 Å². The van der Waals surface area contributed by atoms with Gasteiger partial charge in [-0.15, -0.1) is 0 Å². The van der Waals surface area contributed by atoms with Crippen molar-refractivity contribution in [3.8, 4) is 0 Å². The van der Waals surface area contributed by atoms with Crippen LogP contribution in [0.25, 0.3) is 0 Å². The fourth-order valence-electron chi connectivity index (χ4n) is 3.16. The highest BCUT2D eigenvalue weighted by Gasteiger charge is 2.30. The lowest BCUT2D eigenvalue weighted by molar-refractivity contribution is 0.178. The highest BCUT2D eigenvalue weighted by atomic mass is 79.9. The van der Waals surface area contributed by atoms with E-state index in [-0.39, 0.29) is 6.04 Å². The Hall–Kier alpha value is -0.840. The molecule has 0 bridgehead atoms. The first-order valence-electron chi connectivity index (χ1n) is 7.31. The Bertz CT molecular complexity index is 491. The van der Waals surface area contributed by atoms with E-state index in [9.17, 15) is 5.11 Å². The molecule has 3 N–H and O–H groups in total. The van der Waals surface area contributed by atoms with Crippen LogP contribution in [-0.2, 0) is 0 Å². The number of rotatable bonds is 3. The van der Waals surface area contributed by atoms with Crippen molar-refractivity contribution >= 4 is 21.6 Å². The summed E-state index contributed by atoms with van der Waals surface area (Å²) < 4.78 is 0. The van der Waals surface area contributed by atoms with Gasteiger partial charge in [0.1, 0.15) is 0 Å². The highest BCUT2D eigenvalue weighted by Crippen LogP contribution is 2.33. The summed E-state index contributed by atoms with van der Waals surface area (Å²) in [6, 6.07) is 9.15. The van der Waals surface area contributed by atoms with Crippen LogP contribution in [0.4, 0.5) is 5.69 Å². The van der Waals surface area contributed by atoms with Gasteiger partial charge < -0.3 is 15.7 Å². The van der Waals surface area contributed by atoms with Gasteiger partial charge in [-0.2, -0.15) is 0 Å². The Morgan fingerprint density at radius 1 is 1.30 bits per heavy atom. The molecule has 0 aromatic heterocycles. The molecule has 0 amide bonds. The molecule has 3 nitrogen and oxygen atoms in total. The van der Waals surface area contributed by atoms with E-state index in [4.69, 9.17) is 0 Å². The molecule has 1 aromatic carbocycles. The van der Waals surface area contributed by atoms with Gasteiger partial charge in [-0.25, -0.2) is 0 Å². The highest BCUT2D eigenvalue weighted by molar-refractivity contribution is 9.09. The molecule has 1 aliphatic heterocycles. The average molecular weight is 337 g/mol. The molecule has 1 fully saturated rings. The zero-order valence-electron chi connectivity index (χ0n) is 11.4. The number of para-hydroxylation sites is 1. The summed E-state index contributed by atoms with van der Waals surface area (Å²) in [7, 11) is 0. The quantitative estimate of drug-likeness (QED) is 0.743. The molecule has 1 aliphatic carbocycles. The molecule has 3 rings (SSSR count). The van der Waals surface area contributed by atoms with Crippen molar-refractivity contribution in [2.45, 2.75) is 36.2 Å². The second kappa shape index (κ2) is 6.29. The first-order chi connectivity index (χ1) is 9.78. The number of nitrogens with one attached hydrogen (secondary N) is 2. The third-order valence-electron chi connectivity index (χ3n) is 4.36. The average Bonchev–Trinajstić information content (AvgIpc) is 2.49. The lowest BCUT2D eigenvalue weighted by Crippen LogP contribution is -2.43. The van der Waals surface area contributed by atoms with Crippen molar-refractivity contribution < 1.29 is 5.11 Å². The lowest BCUT2D eigenvalue weighted by atomic mass is 9.85. The molecule has 1 heterocycles. The van der Waals surface area contributed by atoms with Crippen LogP contribution >= 0.6 is 15.9 Å². The zero-order chi connectivity index (χ0) is 13.9. The number of anilines is 1. The predicted octanol–water partition coefficient (Wildman–Crippen LogP) is 3.18. The van der Waals surface area contributed by atoms with Crippen molar-refractivity contribution in [3.05, 3.63) is 42.1 Å². The maximum atomic E-state index is 9.29. The summed E-state index contributed by atoms with van der Waals surface area (Å²) >= 11 is 3.79.